The van der Waals surface area contributed by atoms with Crippen molar-refractivity contribution in [2.75, 3.05) is 11.9 Å². The van der Waals surface area contributed by atoms with Crippen LogP contribution in [0.4, 0.5) is 18.9 Å². The lowest BCUT2D eigenvalue weighted by Crippen LogP contribution is -2.42. The molecule has 0 aliphatic carbocycles. The van der Waals surface area contributed by atoms with Gasteiger partial charge in [-0.2, -0.15) is 13.2 Å². The van der Waals surface area contributed by atoms with Crippen LogP contribution in [0.2, 0.25) is 10.0 Å². The van der Waals surface area contributed by atoms with Gasteiger partial charge in [-0.15, -0.1) is 4.31 Å². The van der Waals surface area contributed by atoms with Gasteiger partial charge in [0.1, 0.15) is 18.1 Å². The Kier molecular flexibility index (Phi) is 6.27. The van der Waals surface area contributed by atoms with E-state index in [0.29, 0.717) is 16.8 Å². The smallest absolute Gasteiger partial charge is 0.416 e. The van der Waals surface area contributed by atoms with Crippen molar-refractivity contribution in [3.63, 3.8) is 0 Å². The number of nitrogens with zero attached hydrogens (tertiary/aromatic N) is 3. The molecule has 1 aliphatic heterocycles. The van der Waals surface area contributed by atoms with E-state index in [1.54, 1.807) is 10.6 Å². The lowest BCUT2D eigenvalue weighted by atomic mass is 10.2. The summed E-state index contributed by atoms with van der Waals surface area (Å²) in [7, 11) is -4.21. The van der Waals surface area contributed by atoms with E-state index in [0.717, 1.165) is 22.5 Å². The minimum Gasteiger partial charge on any atom is -0.593 e. The first-order valence-electron chi connectivity index (χ1n) is 9.45. The predicted molar refractivity (Wildman–Crippen MR) is 116 cm³/mol. The third-order valence-corrected chi connectivity index (χ3v) is 7.37. The van der Waals surface area contributed by atoms with Crippen molar-refractivity contribution in [3.05, 3.63) is 75.8 Å². The number of anilines is 1. The average molecular weight is 519 g/mol. The highest BCUT2D eigenvalue weighted by Gasteiger charge is 2.37. The lowest BCUT2D eigenvalue weighted by molar-refractivity contribution is -0.137. The molecule has 2 heterocycles. The van der Waals surface area contributed by atoms with Gasteiger partial charge in [-0.05, 0) is 30.3 Å². The second-order valence-corrected chi connectivity index (χ2v) is 9.96. The van der Waals surface area contributed by atoms with Crippen LogP contribution < -0.4 is 5.32 Å². The summed E-state index contributed by atoms with van der Waals surface area (Å²) in [6, 6.07) is 8.11. The zero-order valence-electron chi connectivity index (χ0n) is 16.6. The van der Waals surface area contributed by atoms with Crippen LogP contribution >= 0.6 is 23.2 Å². The Morgan fingerprint density at radius 2 is 1.91 bits per heavy atom. The third kappa shape index (κ3) is 4.92. The average Bonchev–Trinajstić information content (AvgIpc) is 3.19. The van der Waals surface area contributed by atoms with Crippen LogP contribution in [0.25, 0.3) is 0 Å². The molecular formula is C20H15Cl2F3N4O3S. The van der Waals surface area contributed by atoms with Crippen molar-refractivity contribution in [2.45, 2.75) is 24.2 Å². The fourth-order valence-corrected chi connectivity index (χ4v) is 5.19. The molecule has 1 amide bonds. The van der Waals surface area contributed by atoms with Crippen molar-refractivity contribution in [3.8, 4) is 0 Å². The second-order valence-electron chi connectivity index (χ2n) is 7.18. The summed E-state index contributed by atoms with van der Waals surface area (Å²) >= 11 is 11.9. The molecule has 1 unspecified atom stereocenters. The Morgan fingerprint density at radius 3 is 2.61 bits per heavy atom. The van der Waals surface area contributed by atoms with E-state index >= 15 is 0 Å². The molecule has 2 aromatic carbocycles. The zero-order valence-corrected chi connectivity index (χ0v) is 18.9. The van der Waals surface area contributed by atoms with Gasteiger partial charge in [0.2, 0.25) is 0 Å². The standard InChI is InChI=1S/C20H15Cl2F3N4O3S/c21-13-4-5-16(15(22)9-13)27-19(30)17-10-28-6-7-29(11-18(28)26-17)33(31,32)14-3-1-2-12(8-14)20(23,24)25/h1-5,8-10H,6-7,11H2,(H-,27,30,31,32). The van der Waals surface area contributed by atoms with Gasteiger partial charge in [-0.3, -0.25) is 4.79 Å². The molecule has 7 nitrogen and oxygen atoms in total. The molecule has 0 radical (unpaired) electrons. The van der Waals surface area contributed by atoms with Gasteiger partial charge in [-0.25, -0.2) is 4.98 Å². The molecule has 0 saturated carbocycles. The summed E-state index contributed by atoms with van der Waals surface area (Å²) < 4.78 is 67.5. The molecule has 174 valence electrons. The number of hydrogen-bond donors (Lipinski definition) is 1. The molecule has 1 atom stereocenters. The van der Waals surface area contributed by atoms with Crippen LogP contribution in [0.3, 0.4) is 0 Å². The molecule has 1 aliphatic rings. The number of rotatable bonds is 4. The van der Waals surface area contributed by atoms with Crippen LogP contribution in [-0.2, 0) is 33.9 Å². The third-order valence-electron chi connectivity index (χ3n) is 4.98. The Bertz CT molecular complexity index is 1280. The van der Waals surface area contributed by atoms with E-state index in [-0.39, 0.29) is 36.2 Å². The molecule has 0 bridgehead atoms. The molecule has 1 aromatic heterocycles. The molecule has 33 heavy (non-hydrogen) atoms. The Labute approximate surface area is 197 Å². The summed E-state index contributed by atoms with van der Waals surface area (Å²) in [5, 5.41) is 3.24. The number of alkyl halides is 3. The minimum absolute atomic E-state index is 0.00596. The van der Waals surface area contributed by atoms with Gasteiger partial charge in [0, 0.05) is 23.8 Å². The number of hydrogen-bond acceptors (Lipinski definition) is 4. The van der Waals surface area contributed by atoms with Crippen LogP contribution in [0.5, 0.6) is 0 Å². The molecule has 13 heteroatoms. The van der Waals surface area contributed by atoms with Crippen LogP contribution in [0.15, 0.2) is 53.6 Å². The number of aromatic nitrogens is 2. The van der Waals surface area contributed by atoms with Crippen molar-refractivity contribution in [2.24, 2.45) is 0 Å². The predicted octanol–water partition coefficient (Wildman–Crippen LogP) is 4.88. The first-order chi connectivity index (χ1) is 15.4. The van der Waals surface area contributed by atoms with Gasteiger partial charge in [0.25, 0.3) is 5.91 Å². The van der Waals surface area contributed by atoms with E-state index in [1.807, 2.05) is 0 Å². The van der Waals surface area contributed by atoms with Gasteiger partial charge < -0.3 is 14.4 Å². The summed E-state index contributed by atoms with van der Waals surface area (Å²) in [6.07, 6.45) is -3.19. The van der Waals surface area contributed by atoms with Crippen molar-refractivity contribution < 1.29 is 26.7 Å². The molecule has 0 fully saturated rings. The fourth-order valence-electron chi connectivity index (χ4n) is 3.30. The summed E-state index contributed by atoms with van der Waals surface area (Å²) in [5.41, 5.74) is -0.693. The number of fused-ring (bicyclic) bond motifs is 1. The minimum atomic E-state index is -4.67. The first-order valence-corrected chi connectivity index (χ1v) is 11.6. The summed E-state index contributed by atoms with van der Waals surface area (Å²) in [6.45, 7) is -0.0188. The van der Waals surface area contributed by atoms with Crippen molar-refractivity contribution in [1.82, 2.24) is 13.9 Å². The van der Waals surface area contributed by atoms with E-state index < -0.39 is 32.9 Å². The number of nitrogens with one attached hydrogen (secondary N) is 1. The Morgan fingerprint density at radius 1 is 1.15 bits per heavy atom. The molecule has 0 spiro atoms. The molecule has 0 saturated heterocycles. The van der Waals surface area contributed by atoms with Crippen LogP contribution in [0.1, 0.15) is 21.9 Å². The van der Waals surface area contributed by atoms with Gasteiger partial charge in [0.15, 0.2) is 15.3 Å². The molecule has 1 N–H and O–H groups in total. The number of benzene rings is 2. The number of sulfonamides is 1. The van der Waals surface area contributed by atoms with Gasteiger partial charge >= 0.3 is 6.18 Å². The van der Waals surface area contributed by atoms with Gasteiger partial charge in [-0.1, -0.05) is 33.5 Å². The topological polar surface area (TPSA) is 90.3 Å². The van der Waals surface area contributed by atoms with Crippen molar-refractivity contribution >= 4 is 45.2 Å². The van der Waals surface area contributed by atoms with E-state index in [1.165, 1.54) is 18.3 Å². The highest BCUT2D eigenvalue weighted by molar-refractivity contribution is 7.95. The van der Waals surface area contributed by atoms with Crippen LogP contribution in [0, 0.1) is 0 Å². The highest BCUT2D eigenvalue weighted by atomic mass is 35.5. The maximum Gasteiger partial charge on any atom is 0.416 e. The fraction of sp³-hybridized carbons (Fsp3) is 0.200. The number of amides is 1. The normalized spacial score (nSPS) is 16.2. The van der Waals surface area contributed by atoms with Crippen LogP contribution in [-0.4, -0.2) is 30.9 Å². The van der Waals surface area contributed by atoms with Crippen molar-refractivity contribution in [1.29, 1.82) is 0 Å². The Hall–Kier alpha value is -2.44. The molecule has 3 aromatic rings. The van der Waals surface area contributed by atoms with E-state index in [9.17, 15) is 26.7 Å². The summed E-state index contributed by atoms with van der Waals surface area (Å²) in [4.78, 5) is 16.3. The number of halogens is 5. The zero-order chi connectivity index (χ0) is 24.0. The first kappa shape index (κ1) is 23.7. The van der Waals surface area contributed by atoms with E-state index in [2.05, 4.69) is 10.3 Å². The largest absolute Gasteiger partial charge is 0.593 e. The van der Waals surface area contributed by atoms with Gasteiger partial charge in [0.05, 0.1) is 22.8 Å². The monoisotopic (exact) mass is 518 g/mol. The number of carbonyl (C=O) groups is 1. The maximum atomic E-state index is 13.0. The quantitative estimate of drug-likeness (QED) is 0.498. The lowest BCUT2D eigenvalue weighted by Gasteiger charge is -2.30. The Balaban J connectivity index is 1.53. The second kappa shape index (κ2) is 8.73. The SMILES string of the molecule is O=C(Nc1ccc(Cl)cc1Cl)c1cn2c(n1)CN([S+](=O)([O-])c1cccc(C(F)(F)F)c1)CC2. The highest BCUT2D eigenvalue weighted by Crippen LogP contribution is 2.33. The maximum absolute atomic E-state index is 13.0. The number of carbonyl (C=O) groups excluding carboxylic acids is 1. The summed E-state index contributed by atoms with van der Waals surface area (Å²) in [5.74, 6) is -0.280. The van der Waals surface area contributed by atoms with E-state index in [4.69, 9.17) is 23.2 Å². The number of imidazole rings is 1. The molecular weight excluding hydrogens is 504 g/mol. The molecule has 4 rings (SSSR count).